The molecule has 180 valence electrons. The molecule has 0 aliphatic carbocycles. The number of nitrogens with one attached hydrogen (secondary N) is 2. The van der Waals surface area contributed by atoms with E-state index >= 15 is 0 Å². The number of hydrogen-bond donors (Lipinski definition) is 4. The summed E-state index contributed by atoms with van der Waals surface area (Å²) < 4.78 is 16.7. The number of aliphatic hydroxyl groups excluding tert-OH is 1. The fraction of sp³-hybridized carbons (Fsp3) is 0.154. The van der Waals surface area contributed by atoms with Crippen LogP contribution in [0.5, 0.6) is 11.5 Å². The summed E-state index contributed by atoms with van der Waals surface area (Å²) >= 11 is 0. The molecular weight excluding hydrogens is 450 g/mol. The van der Waals surface area contributed by atoms with Crippen LogP contribution in [-0.2, 0) is 0 Å². The average molecular weight is 476 g/mol. The van der Waals surface area contributed by atoms with Gasteiger partial charge in [0.2, 0.25) is 0 Å². The number of anilines is 2. The maximum Gasteiger partial charge on any atom is 0.287 e. The van der Waals surface area contributed by atoms with Crippen molar-refractivity contribution in [3.8, 4) is 11.5 Å². The molecule has 9 nitrogen and oxygen atoms in total. The minimum atomic E-state index is -0.384. The van der Waals surface area contributed by atoms with Gasteiger partial charge < -0.3 is 35.4 Å². The van der Waals surface area contributed by atoms with Crippen molar-refractivity contribution in [2.75, 3.05) is 37.4 Å². The third-order valence-corrected chi connectivity index (χ3v) is 5.06. The van der Waals surface area contributed by atoms with E-state index < -0.39 is 0 Å². The monoisotopic (exact) mass is 475 g/mol. The van der Waals surface area contributed by atoms with Crippen molar-refractivity contribution in [1.29, 1.82) is 0 Å². The van der Waals surface area contributed by atoms with E-state index in [0.717, 1.165) is 5.39 Å². The lowest BCUT2D eigenvalue weighted by molar-refractivity contribution is 0.0920. The van der Waals surface area contributed by atoms with Crippen LogP contribution in [0.25, 0.3) is 11.0 Å². The maximum atomic E-state index is 12.4. The number of para-hydroxylation sites is 3. The Kier molecular flexibility index (Phi) is 7.49. The van der Waals surface area contributed by atoms with Gasteiger partial charge in [-0.25, -0.2) is 0 Å². The Morgan fingerprint density at radius 2 is 1.71 bits per heavy atom. The summed E-state index contributed by atoms with van der Waals surface area (Å²) in [5, 5.41) is 15.2. The number of nitrogen functional groups attached to an aromatic ring is 1. The number of furan rings is 1. The number of carbonyl (C=O) groups is 2. The number of nitrogens with two attached hydrogens (primary N) is 1. The van der Waals surface area contributed by atoms with Gasteiger partial charge in [-0.2, -0.15) is 0 Å². The summed E-state index contributed by atoms with van der Waals surface area (Å²) in [6.07, 6.45) is 0. The van der Waals surface area contributed by atoms with Gasteiger partial charge in [0, 0.05) is 10.9 Å². The predicted molar refractivity (Wildman–Crippen MR) is 132 cm³/mol. The van der Waals surface area contributed by atoms with E-state index in [9.17, 15) is 9.59 Å². The van der Waals surface area contributed by atoms with Gasteiger partial charge >= 0.3 is 0 Å². The third kappa shape index (κ3) is 5.90. The lowest BCUT2D eigenvalue weighted by atomic mass is 10.2. The van der Waals surface area contributed by atoms with Crippen LogP contribution < -0.4 is 25.8 Å². The van der Waals surface area contributed by atoms with Crippen LogP contribution in [0.2, 0.25) is 0 Å². The second kappa shape index (κ2) is 11.1. The second-order valence-corrected chi connectivity index (χ2v) is 7.53. The molecule has 0 unspecified atom stereocenters. The topological polar surface area (TPSA) is 136 Å². The Bertz CT molecular complexity index is 1320. The molecule has 0 fully saturated rings. The van der Waals surface area contributed by atoms with Crippen molar-refractivity contribution in [1.82, 2.24) is 5.32 Å². The molecule has 2 amide bonds. The Morgan fingerprint density at radius 1 is 0.914 bits per heavy atom. The van der Waals surface area contributed by atoms with Crippen LogP contribution in [0.1, 0.15) is 20.9 Å². The van der Waals surface area contributed by atoms with Gasteiger partial charge in [0.1, 0.15) is 19.0 Å². The highest BCUT2D eigenvalue weighted by atomic mass is 16.5. The van der Waals surface area contributed by atoms with Gasteiger partial charge in [0.05, 0.1) is 24.5 Å². The van der Waals surface area contributed by atoms with Gasteiger partial charge in [0.25, 0.3) is 11.8 Å². The molecule has 0 aliphatic rings. The molecule has 0 atom stereocenters. The van der Waals surface area contributed by atoms with Gasteiger partial charge in [-0.15, -0.1) is 0 Å². The lowest BCUT2D eigenvalue weighted by Gasteiger charge is -2.09. The summed E-state index contributed by atoms with van der Waals surface area (Å²) in [6, 6.07) is 20.6. The molecule has 0 radical (unpaired) electrons. The number of ether oxygens (including phenoxy) is 2. The highest BCUT2D eigenvalue weighted by Gasteiger charge is 2.15. The number of amides is 2. The largest absolute Gasteiger partial charge is 0.492 e. The first-order chi connectivity index (χ1) is 17.0. The molecule has 5 N–H and O–H groups in total. The summed E-state index contributed by atoms with van der Waals surface area (Å²) in [7, 11) is 0. The molecule has 4 aromatic rings. The quantitative estimate of drug-likeness (QED) is 0.204. The fourth-order valence-corrected chi connectivity index (χ4v) is 3.35. The molecule has 3 aromatic carbocycles. The number of benzene rings is 3. The fourth-order valence-electron chi connectivity index (χ4n) is 3.35. The van der Waals surface area contributed by atoms with Crippen LogP contribution in [0.15, 0.2) is 77.2 Å². The number of aliphatic hydroxyl groups is 1. The van der Waals surface area contributed by atoms with Gasteiger partial charge in [-0.3, -0.25) is 9.59 Å². The minimum Gasteiger partial charge on any atom is -0.492 e. The Morgan fingerprint density at radius 3 is 2.49 bits per heavy atom. The van der Waals surface area contributed by atoms with Crippen LogP contribution in [0, 0.1) is 0 Å². The Balaban J connectivity index is 1.26. The van der Waals surface area contributed by atoms with Gasteiger partial charge in [-0.1, -0.05) is 24.3 Å². The highest BCUT2D eigenvalue weighted by molar-refractivity contribution is 6.05. The van der Waals surface area contributed by atoms with E-state index in [1.165, 1.54) is 0 Å². The van der Waals surface area contributed by atoms with Crippen molar-refractivity contribution in [3.63, 3.8) is 0 Å². The smallest absolute Gasteiger partial charge is 0.287 e. The van der Waals surface area contributed by atoms with Crippen molar-refractivity contribution in [2.24, 2.45) is 0 Å². The first-order valence-corrected chi connectivity index (χ1v) is 11.0. The normalized spacial score (nSPS) is 10.7. The van der Waals surface area contributed by atoms with Crippen LogP contribution >= 0.6 is 0 Å². The van der Waals surface area contributed by atoms with Crippen LogP contribution in [0.4, 0.5) is 11.4 Å². The summed E-state index contributed by atoms with van der Waals surface area (Å²) in [4.78, 5) is 24.9. The van der Waals surface area contributed by atoms with Gasteiger partial charge in [0.15, 0.2) is 17.1 Å². The lowest BCUT2D eigenvalue weighted by Crippen LogP contribution is -2.27. The van der Waals surface area contributed by atoms with E-state index in [-0.39, 0.29) is 43.9 Å². The first kappa shape index (κ1) is 23.7. The molecule has 0 aliphatic heterocycles. The number of rotatable bonds is 10. The summed E-state index contributed by atoms with van der Waals surface area (Å²) in [6.45, 7) is 0.483. The Hall–Kier alpha value is -4.50. The molecule has 1 aromatic heterocycles. The highest BCUT2D eigenvalue weighted by Crippen LogP contribution is 2.28. The number of fused-ring (bicyclic) bond motifs is 1. The predicted octanol–water partition coefficient (Wildman–Crippen LogP) is 3.45. The molecule has 0 saturated carbocycles. The zero-order valence-electron chi connectivity index (χ0n) is 18.8. The third-order valence-electron chi connectivity index (χ3n) is 5.06. The van der Waals surface area contributed by atoms with Crippen molar-refractivity contribution < 1.29 is 28.6 Å². The van der Waals surface area contributed by atoms with Gasteiger partial charge in [-0.05, 0) is 48.5 Å². The molecular formula is C26H25N3O6. The second-order valence-electron chi connectivity index (χ2n) is 7.53. The SMILES string of the molecule is Nc1ccccc1NC(=O)c1ccc(OCCNC(=O)c2cc3cccc(OCCO)c3o2)cc1. The molecule has 0 spiro atoms. The van der Waals surface area contributed by atoms with E-state index in [2.05, 4.69) is 10.6 Å². The standard InChI is InChI=1S/C26H25N3O6/c27-20-5-1-2-6-21(20)29-25(31)17-8-10-19(11-9-17)33-14-12-28-26(32)23-16-18-4-3-7-22(24(18)35-23)34-15-13-30/h1-11,16,30H,12-15,27H2,(H,28,32)(H,29,31). The van der Waals surface area contributed by atoms with Crippen molar-refractivity contribution >= 4 is 34.2 Å². The van der Waals surface area contributed by atoms with Crippen LogP contribution in [-0.4, -0.2) is 43.3 Å². The maximum absolute atomic E-state index is 12.4. The van der Waals surface area contributed by atoms with E-state index in [1.54, 1.807) is 66.7 Å². The molecule has 4 rings (SSSR count). The average Bonchev–Trinajstić information content (AvgIpc) is 3.32. The first-order valence-electron chi connectivity index (χ1n) is 11.0. The van der Waals surface area contributed by atoms with Crippen molar-refractivity contribution in [2.45, 2.75) is 0 Å². The zero-order chi connectivity index (χ0) is 24.6. The van der Waals surface area contributed by atoms with E-state index in [4.69, 9.17) is 24.7 Å². The summed E-state index contributed by atoms with van der Waals surface area (Å²) in [5.41, 5.74) is 7.80. The molecule has 0 bridgehead atoms. The Labute approximate surface area is 201 Å². The molecule has 1 heterocycles. The number of carbonyl (C=O) groups excluding carboxylic acids is 2. The zero-order valence-corrected chi connectivity index (χ0v) is 18.8. The molecule has 9 heteroatoms. The summed E-state index contributed by atoms with van der Waals surface area (Å²) in [5.74, 6) is 0.504. The molecule has 0 saturated heterocycles. The van der Waals surface area contributed by atoms with Crippen molar-refractivity contribution in [3.05, 3.63) is 84.1 Å². The number of hydrogen-bond acceptors (Lipinski definition) is 7. The minimum absolute atomic E-state index is 0.122. The molecule has 35 heavy (non-hydrogen) atoms. The van der Waals surface area contributed by atoms with Crippen LogP contribution in [0.3, 0.4) is 0 Å². The van der Waals surface area contributed by atoms with E-state index in [1.807, 2.05) is 6.07 Å². The van der Waals surface area contributed by atoms with E-state index in [0.29, 0.717) is 34.0 Å².